The molecule has 0 unspecified atom stereocenters. The maximum atomic E-state index is 13.4. The third kappa shape index (κ3) is 4.18. The third-order valence-corrected chi connectivity index (χ3v) is 3.04. The highest BCUT2D eigenvalue weighted by Gasteiger charge is 2.08. The molecule has 4 nitrogen and oxygen atoms in total. The van der Waals surface area contributed by atoms with Crippen molar-refractivity contribution in [3.05, 3.63) is 54.1 Å². The van der Waals surface area contributed by atoms with E-state index in [0.717, 1.165) is 23.5 Å². The van der Waals surface area contributed by atoms with E-state index in [1.54, 1.807) is 0 Å². The summed E-state index contributed by atoms with van der Waals surface area (Å²) in [4.78, 5) is 13.7. The number of anilines is 3. The van der Waals surface area contributed by atoms with Crippen LogP contribution in [0.5, 0.6) is 0 Å². The zero-order valence-electron chi connectivity index (χ0n) is 12.4. The van der Waals surface area contributed by atoms with Crippen molar-refractivity contribution in [3.63, 3.8) is 0 Å². The lowest BCUT2D eigenvalue weighted by molar-refractivity contribution is -0.114. The fraction of sp³-hybridized carbons (Fsp3) is 0.188. The Morgan fingerprint density at radius 1 is 1.09 bits per heavy atom. The summed E-state index contributed by atoms with van der Waals surface area (Å²) in [6.45, 7) is -0.0157. The molecule has 0 fully saturated rings. The van der Waals surface area contributed by atoms with Crippen molar-refractivity contribution in [3.8, 4) is 0 Å². The summed E-state index contributed by atoms with van der Waals surface area (Å²) in [5.74, 6) is -1.90. The second kappa shape index (κ2) is 6.89. The third-order valence-electron chi connectivity index (χ3n) is 3.04. The van der Waals surface area contributed by atoms with Crippen LogP contribution in [0.15, 0.2) is 42.5 Å². The molecule has 2 aromatic rings. The number of hydrogen-bond donors (Lipinski definition) is 2. The Labute approximate surface area is 127 Å². The van der Waals surface area contributed by atoms with Gasteiger partial charge in [0, 0.05) is 31.5 Å². The highest BCUT2D eigenvalue weighted by atomic mass is 19.1. The predicted molar refractivity (Wildman–Crippen MR) is 84.2 cm³/mol. The average molecular weight is 305 g/mol. The Morgan fingerprint density at radius 2 is 1.77 bits per heavy atom. The molecule has 0 saturated carbocycles. The van der Waals surface area contributed by atoms with Gasteiger partial charge in [0.1, 0.15) is 11.6 Å². The molecule has 0 aromatic heterocycles. The largest absolute Gasteiger partial charge is 0.378 e. The Kier molecular flexibility index (Phi) is 4.93. The molecule has 0 spiro atoms. The summed E-state index contributed by atoms with van der Waals surface area (Å²) in [5.41, 5.74) is 1.78. The summed E-state index contributed by atoms with van der Waals surface area (Å²) in [6.07, 6.45) is 0. The van der Waals surface area contributed by atoms with Gasteiger partial charge in [-0.1, -0.05) is 0 Å². The summed E-state index contributed by atoms with van der Waals surface area (Å²) in [5, 5.41) is 5.32. The lowest BCUT2D eigenvalue weighted by atomic mass is 10.2. The molecule has 1 amide bonds. The van der Waals surface area contributed by atoms with Crippen molar-refractivity contribution in [1.29, 1.82) is 0 Å². The minimum Gasteiger partial charge on any atom is -0.378 e. The Morgan fingerprint density at radius 3 is 2.36 bits per heavy atom. The molecular formula is C16H17F2N3O. The van der Waals surface area contributed by atoms with Gasteiger partial charge >= 0.3 is 0 Å². The van der Waals surface area contributed by atoms with Gasteiger partial charge in [-0.15, -0.1) is 0 Å². The van der Waals surface area contributed by atoms with E-state index in [2.05, 4.69) is 10.6 Å². The number of amides is 1. The van der Waals surface area contributed by atoms with Crippen LogP contribution in [0.25, 0.3) is 0 Å². The number of nitrogens with one attached hydrogen (secondary N) is 2. The van der Waals surface area contributed by atoms with E-state index in [9.17, 15) is 13.6 Å². The van der Waals surface area contributed by atoms with Crippen LogP contribution >= 0.6 is 0 Å². The van der Waals surface area contributed by atoms with Gasteiger partial charge < -0.3 is 15.5 Å². The van der Waals surface area contributed by atoms with E-state index in [1.165, 1.54) is 6.07 Å². The second-order valence-electron chi connectivity index (χ2n) is 4.97. The van der Waals surface area contributed by atoms with Crippen LogP contribution in [-0.2, 0) is 4.79 Å². The van der Waals surface area contributed by atoms with E-state index < -0.39 is 17.5 Å². The predicted octanol–water partition coefficient (Wildman–Crippen LogP) is 3.08. The number of halogens is 2. The number of carbonyl (C=O) groups excluding carboxylic acids is 1. The standard InChI is InChI=1S/C16H17F2N3O/c1-21(2)13-6-4-12(5-7-13)19-10-16(22)20-15-8-3-11(17)9-14(15)18/h3-9,19H,10H2,1-2H3,(H,20,22). The zero-order chi connectivity index (χ0) is 16.1. The molecule has 0 heterocycles. The molecular weight excluding hydrogens is 288 g/mol. The molecule has 6 heteroatoms. The summed E-state index contributed by atoms with van der Waals surface area (Å²) in [6, 6.07) is 10.5. The van der Waals surface area contributed by atoms with Crippen molar-refractivity contribution < 1.29 is 13.6 Å². The van der Waals surface area contributed by atoms with Crippen LogP contribution in [-0.4, -0.2) is 26.5 Å². The van der Waals surface area contributed by atoms with Gasteiger partial charge in [-0.3, -0.25) is 4.79 Å². The number of nitrogens with zero attached hydrogens (tertiary/aromatic N) is 1. The molecule has 116 valence electrons. The van der Waals surface area contributed by atoms with Crippen molar-refractivity contribution in [2.75, 3.05) is 36.2 Å². The van der Waals surface area contributed by atoms with E-state index in [4.69, 9.17) is 0 Å². The summed E-state index contributed by atoms with van der Waals surface area (Å²) < 4.78 is 26.2. The smallest absolute Gasteiger partial charge is 0.243 e. The highest BCUT2D eigenvalue weighted by Crippen LogP contribution is 2.16. The van der Waals surface area contributed by atoms with E-state index in [1.807, 2.05) is 43.3 Å². The molecule has 0 aliphatic rings. The summed E-state index contributed by atoms with van der Waals surface area (Å²) in [7, 11) is 3.88. The quantitative estimate of drug-likeness (QED) is 0.892. The molecule has 2 rings (SSSR count). The average Bonchev–Trinajstić information content (AvgIpc) is 2.48. The first-order valence-corrected chi connectivity index (χ1v) is 6.72. The van der Waals surface area contributed by atoms with Crippen molar-refractivity contribution in [1.82, 2.24) is 0 Å². The first-order valence-electron chi connectivity index (χ1n) is 6.72. The maximum absolute atomic E-state index is 13.4. The molecule has 0 saturated heterocycles. The van der Waals surface area contributed by atoms with Crippen LogP contribution in [0.4, 0.5) is 25.8 Å². The monoisotopic (exact) mass is 305 g/mol. The van der Waals surface area contributed by atoms with E-state index in [-0.39, 0.29) is 12.2 Å². The highest BCUT2D eigenvalue weighted by molar-refractivity contribution is 5.93. The van der Waals surface area contributed by atoms with E-state index in [0.29, 0.717) is 0 Å². The molecule has 0 atom stereocenters. The van der Waals surface area contributed by atoms with Gasteiger partial charge in [-0.05, 0) is 36.4 Å². The number of benzene rings is 2. The molecule has 2 N–H and O–H groups in total. The maximum Gasteiger partial charge on any atom is 0.243 e. The Hall–Kier alpha value is -2.63. The number of hydrogen-bond acceptors (Lipinski definition) is 3. The van der Waals surface area contributed by atoms with Gasteiger partial charge in [-0.2, -0.15) is 0 Å². The van der Waals surface area contributed by atoms with Gasteiger partial charge in [0.25, 0.3) is 0 Å². The van der Waals surface area contributed by atoms with Crippen LogP contribution < -0.4 is 15.5 Å². The summed E-state index contributed by atoms with van der Waals surface area (Å²) >= 11 is 0. The van der Waals surface area contributed by atoms with Crippen LogP contribution in [0.2, 0.25) is 0 Å². The van der Waals surface area contributed by atoms with Gasteiger partial charge in [0.05, 0.1) is 12.2 Å². The number of carbonyl (C=O) groups is 1. The molecule has 2 aromatic carbocycles. The fourth-order valence-electron chi connectivity index (χ4n) is 1.85. The van der Waals surface area contributed by atoms with Gasteiger partial charge in [-0.25, -0.2) is 8.78 Å². The normalized spacial score (nSPS) is 10.2. The number of rotatable bonds is 5. The first kappa shape index (κ1) is 15.8. The lowest BCUT2D eigenvalue weighted by Crippen LogP contribution is -2.22. The minimum atomic E-state index is -0.802. The van der Waals surface area contributed by atoms with Crippen LogP contribution in [0.1, 0.15) is 0 Å². The molecule has 0 radical (unpaired) electrons. The molecule has 0 aliphatic carbocycles. The Bertz CT molecular complexity index is 657. The van der Waals surface area contributed by atoms with Crippen LogP contribution in [0, 0.1) is 11.6 Å². The minimum absolute atomic E-state index is 0.0157. The Balaban J connectivity index is 1.89. The second-order valence-corrected chi connectivity index (χ2v) is 4.97. The van der Waals surface area contributed by atoms with Crippen molar-refractivity contribution in [2.45, 2.75) is 0 Å². The van der Waals surface area contributed by atoms with Crippen LogP contribution in [0.3, 0.4) is 0 Å². The lowest BCUT2D eigenvalue weighted by Gasteiger charge is -2.13. The van der Waals surface area contributed by atoms with Gasteiger partial charge in [0.15, 0.2) is 0 Å². The van der Waals surface area contributed by atoms with Crippen molar-refractivity contribution >= 4 is 23.0 Å². The van der Waals surface area contributed by atoms with Crippen molar-refractivity contribution in [2.24, 2.45) is 0 Å². The zero-order valence-corrected chi connectivity index (χ0v) is 12.4. The van der Waals surface area contributed by atoms with E-state index >= 15 is 0 Å². The molecule has 0 aliphatic heterocycles. The molecule has 22 heavy (non-hydrogen) atoms. The molecule has 0 bridgehead atoms. The topological polar surface area (TPSA) is 44.4 Å². The van der Waals surface area contributed by atoms with Gasteiger partial charge in [0.2, 0.25) is 5.91 Å². The fourth-order valence-corrected chi connectivity index (χ4v) is 1.85. The SMILES string of the molecule is CN(C)c1ccc(NCC(=O)Nc2ccc(F)cc2F)cc1. The first-order chi connectivity index (χ1) is 10.5.